The lowest BCUT2D eigenvalue weighted by atomic mass is 10.1. The largest absolute Gasteiger partial charge is 0.273 e. The Morgan fingerprint density at radius 3 is 2.45 bits per heavy atom. The van der Waals surface area contributed by atoms with Gasteiger partial charge in [-0.15, -0.1) is 0 Å². The van der Waals surface area contributed by atoms with Crippen LogP contribution in [-0.4, -0.2) is 15.9 Å². The molecular weight excluding hydrogens is 323 g/mol. The van der Waals surface area contributed by atoms with E-state index in [2.05, 4.69) is 20.8 Å². The molecule has 2 N–H and O–H groups in total. The highest BCUT2D eigenvalue weighted by Crippen LogP contribution is 2.21. The predicted molar refractivity (Wildman–Crippen MR) is 88.1 cm³/mol. The van der Waals surface area contributed by atoms with E-state index in [1.165, 1.54) is 0 Å². The summed E-state index contributed by atoms with van der Waals surface area (Å²) in [5, 5.41) is 1.14. The van der Waals surface area contributed by atoms with E-state index < -0.39 is 0 Å². The van der Waals surface area contributed by atoms with Gasteiger partial charge in [0.05, 0.1) is 0 Å². The molecule has 2 rings (SSSR count). The number of hydrogen-bond acceptors (Lipinski definition) is 4. The van der Waals surface area contributed by atoms with E-state index in [0.717, 1.165) is 17.0 Å². The zero-order valence-electron chi connectivity index (χ0n) is 12.3. The lowest BCUT2D eigenvalue weighted by Gasteiger charge is -2.09. The van der Waals surface area contributed by atoms with Crippen molar-refractivity contribution in [3.8, 4) is 0 Å². The van der Waals surface area contributed by atoms with Crippen molar-refractivity contribution in [3.63, 3.8) is 0 Å². The number of anilines is 1. The molecule has 0 saturated carbocycles. The maximum Gasteiger partial charge on any atom is 0.242 e. The fourth-order valence-corrected chi connectivity index (χ4v) is 2.45. The SMILES string of the molecule is Cc1cc(C)nc(NNC(=O)CCc2ccc(Cl)cc2Cl)n1. The predicted octanol–water partition coefficient (Wildman–Crippen LogP) is 3.48. The fraction of sp³-hybridized carbons (Fsp3) is 0.267. The van der Waals surface area contributed by atoms with Gasteiger partial charge in [0.2, 0.25) is 11.9 Å². The Balaban J connectivity index is 1.85. The summed E-state index contributed by atoms with van der Waals surface area (Å²) in [5.41, 5.74) is 7.82. The number of carbonyl (C=O) groups excluding carboxylic acids is 1. The molecule has 1 aromatic carbocycles. The average Bonchev–Trinajstić information content (AvgIpc) is 2.43. The number of halogens is 2. The Morgan fingerprint density at radius 2 is 1.82 bits per heavy atom. The number of benzene rings is 1. The molecule has 1 aromatic heterocycles. The Bertz CT molecular complexity index is 671. The number of aryl methyl sites for hydroxylation is 3. The summed E-state index contributed by atoms with van der Waals surface area (Å²) >= 11 is 11.9. The summed E-state index contributed by atoms with van der Waals surface area (Å²) in [5.74, 6) is 0.198. The summed E-state index contributed by atoms with van der Waals surface area (Å²) in [6, 6.07) is 7.09. The topological polar surface area (TPSA) is 66.9 Å². The van der Waals surface area contributed by atoms with Gasteiger partial charge in [-0.25, -0.2) is 9.97 Å². The zero-order chi connectivity index (χ0) is 16.1. The van der Waals surface area contributed by atoms with Gasteiger partial charge in [0.1, 0.15) is 0 Å². The lowest BCUT2D eigenvalue weighted by Crippen LogP contribution is -2.30. The van der Waals surface area contributed by atoms with Crippen molar-refractivity contribution < 1.29 is 4.79 Å². The van der Waals surface area contributed by atoms with Crippen LogP contribution in [0.15, 0.2) is 24.3 Å². The Hall–Kier alpha value is -1.85. The number of aromatic nitrogens is 2. The highest BCUT2D eigenvalue weighted by Gasteiger charge is 2.06. The van der Waals surface area contributed by atoms with Gasteiger partial charge in [-0.2, -0.15) is 0 Å². The first kappa shape index (κ1) is 16.5. The molecule has 0 aliphatic rings. The molecule has 0 saturated heterocycles. The van der Waals surface area contributed by atoms with Crippen molar-refractivity contribution in [1.82, 2.24) is 15.4 Å². The van der Waals surface area contributed by atoms with Crippen molar-refractivity contribution in [2.75, 3.05) is 5.43 Å². The lowest BCUT2D eigenvalue weighted by molar-refractivity contribution is -0.120. The molecule has 0 radical (unpaired) electrons. The summed E-state index contributed by atoms with van der Waals surface area (Å²) in [7, 11) is 0. The van der Waals surface area contributed by atoms with E-state index in [9.17, 15) is 4.79 Å². The number of carbonyl (C=O) groups is 1. The average molecular weight is 339 g/mol. The number of amides is 1. The summed E-state index contributed by atoms with van der Waals surface area (Å²) in [6.07, 6.45) is 0.816. The van der Waals surface area contributed by atoms with Gasteiger partial charge in [-0.1, -0.05) is 29.3 Å². The molecule has 0 aliphatic heterocycles. The van der Waals surface area contributed by atoms with E-state index in [1.807, 2.05) is 26.0 Å². The van der Waals surface area contributed by atoms with Crippen LogP contribution < -0.4 is 10.9 Å². The highest BCUT2D eigenvalue weighted by molar-refractivity contribution is 6.35. The summed E-state index contributed by atoms with van der Waals surface area (Å²) in [4.78, 5) is 20.2. The standard InChI is InChI=1S/C15H16Cl2N4O/c1-9-7-10(2)19-15(18-9)21-20-14(22)6-4-11-3-5-12(16)8-13(11)17/h3,5,7-8H,4,6H2,1-2H3,(H,20,22)(H,18,19,21). The Labute approximate surface area is 139 Å². The first-order valence-corrected chi connectivity index (χ1v) is 7.50. The third-order valence-corrected chi connectivity index (χ3v) is 3.52. The van der Waals surface area contributed by atoms with E-state index in [-0.39, 0.29) is 5.91 Å². The van der Waals surface area contributed by atoms with Crippen LogP contribution in [0.5, 0.6) is 0 Å². The monoisotopic (exact) mass is 338 g/mol. The van der Waals surface area contributed by atoms with Gasteiger partial charge in [0.15, 0.2) is 0 Å². The number of nitrogens with zero attached hydrogens (tertiary/aromatic N) is 2. The molecule has 0 aliphatic carbocycles. The van der Waals surface area contributed by atoms with E-state index >= 15 is 0 Å². The van der Waals surface area contributed by atoms with Crippen LogP contribution >= 0.6 is 23.2 Å². The van der Waals surface area contributed by atoms with Crippen LogP contribution in [0.1, 0.15) is 23.4 Å². The van der Waals surface area contributed by atoms with Gasteiger partial charge in [-0.05, 0) is 44.0 Å². The van der Waals surface area contributed by atoms with Crippen LogP contribution in [-0.2, 0) is 11.2 Å². The molecular formula is C15H16Cl2N4O. The first-order chi connectivity index (χ1) is 10.4. The van der Waals surface area contributed by atoms with Crippen LogP contribution in [0.4, 0.5) is 5.95 Å². The summed E-state index contributed by atoms with van der Waals surface area (Å²) < 4.78 is 0. The van der Waals surface area contributed by atoms with Gasteiger partial charge >= 0.3 is 0 Å². The minimum Gasteiger partial charge on any atom is -0.273 e. The minimum atomic E-state index is -0.172. The van der Waals surface area contributed by atoms with Crippen LogP contribution in [0, 0.1) is 13.8 Å². The maximum atomic E-state index is 11.8. The first-order valence-electron chi connectivity index (χ1n) is 6.75. The fourth-order valence-electron chi connectivity index (χ4n) is 1.94. The van der Waals surface area contributed by atoms with Crippen LogP contribution in [0.2, 0.25) is 10.0 Å². The molecule has 1 heterocycles. The van der Waals surface area contributed by atoms with Crippen LogP contribution in [0.3, 0.4) is 0 Å². The zero-order valence-corrected chi connectivity index (χ0v) is 13.8. The molecule has 116 valence electrons. The quantitative estimate of drug-likeness (QED) is 0.819. The minimum absolute atomic E-state index is 0.172. The molecule has 7 heteroatoms. The molecule has 0 bridgehead atoms. The normalized spacial score (nSPS) is 10.4. The van der Waals surface area contributed by atoms with Gasteiger partial charge in [0.25, 0.3) is 0 Å². The number of nitrogens with one attached hydrogen (secondary N) is 2. The number of rotatable bonds is 5. The van der Waals surface area contributed by atoms with E-state index in [1.54, 1.807) is 12.1 Å². The second kappa shape index (κ2) is 7.42. The maximum absolute atomic E-state index is 11.8. The Kier molecular flexibility index (Phi) is 5.57. The van der Waals surface area contributed by atoms with Gasteiger partial charge in [-0.3, -0.25) is 15.6 Å². The Morgan fingerprint density at radius 1 is 1.14 bits per heavy atom. The molecule has 2 aromatic rings. The smallest absolute Gasteiger partial charge is 0.242 e. The summed E-state index contributed by atoms with van der Waals surface area (Å²) in [6.45, 7) is 3.73. The third-order valence-electron chi connectivity index (χ3n) is 2.93. The van der Waals surface area contributed by atoms with Gasteiger partial charge < -0.3 is 0 Å². The van der Waals surface area contributed by atoms with Crippen LogP contribution in [0.25, 0.3) is 0 Å². The second-order valence-corrected chi connectivity index (χ2v) is 5.73. The molecule has 1 amide bonds. The van der Waals surface area contributed by atoms with Crippen molar-refractivity contribution >= 4 is 35.1 Å². The van der Waals surface area contributed by atoms with E-state index in [4.69, 9.17) is 23.2 Å². The van der Waals surface area contributed by atoms with Crippen molar-refractivity contribution in [1.29, 1.82) is 0 Å². The van der Waals surface area contributed by atoms with Gasteiger partial charge in [0, 0.05) is 27.9 Å². The molecule has 0 unspecified atom stereocenters. The number of hydrazine groups is 1. The third kappa shape index (κ3) is 4.86. The molecule has 0 atom stereocenters. The van der Waals surface area contributed by atoms with E-state index in [0.29, 0.717) is 28.8 Å². The second-order valence-electron chi connectivity index (χ2n) is 4.88. The van der Waals surface area contributed by atoms with Crippen molar-refractivity contribution in [2.24, 2.45) is 0 Å². The molecule has 5 nitrogen and oxygen atoms in total. The van der Waals surface area contributed by atoms with Crippen molar-refractivity contribution in [3.05, 3.63) is 51.3 Å². The molecule has 0 spiro atoms. The number of hydrogen-bond donors (Lipinski definition) is 2. The highest BCUT2D eigenvalue weighted by atomic mass is 35.5. The molecule has 0 fully saturated rings. The van der Waals surface area contributed by atoms with Crippen molar-refractivity contribution in [2.45, 2.75) is 26.7 Å². The molecule has 22 heavy (non-hydrogen) atoms.